The van der Waals surface area contributed by atoms with Gasteiger partial charge >= 0.3 is 5.97 Å². The molecule has 1 aliphatic heterocycles. The molecule has 1 fully saturated rings. The molecule has 34 heavy (non-hydrogen) atoms. The summed E-state index contributed by atoms with van der Waals surface area (Å²) >= 11 is 5.97. The fourth-order valence-electron chi connectivity index (χ4n) is 4.55. The van der Waals surface area contributed by atoms with E-state index in [9.17, 15) is 9.18 Å². The molecule has 0 N–H and O–H groups in total. The number of halogens is 2. The standard InChI is InChI=1S/C28H24ClFN2O2/c1-18-26(28(33)34-23-12-7-20(29)8-13-23)27(19-5-9-21(30)10-6-19)24-17-22(11-14-25(24)31-18)32-15-3-2-4-16-32/h5-14,17H,2-4,15-16H2,1H3. The maximum absolute atomic E-state index is 13.8. The fourth-order valence-corrected chi connectivity index (χ4v) is 4.68. The molecule has 0 spiro atoms. The van der Waals surface area contributed by atoms with Crippen molar-refractivity contribution in [1.29, 1.82) is 0 Å². The fraction of sp³-hybridized carbons (Fsp3) is 0.214. The van der Waals surface area contributed by atoms with Gasteiger partial charge in [-0.2, -0.15) is 0 Å². The van der Waals surface area contributed by atoms with Crippen LogP contribution in [0.2, 0.25) is 5.02 Å². The van der Waals surface area contributed by atoms with E-state index in [2.05, 4.69) is 17.0 Å². The van der Waals surface area contributed by atoms with Gasteiger partial charge < -0.3 is 9.64 Å². The summed E-state index contributed by atoms with van der Waals surface area (Å²) < 4.78 is 19.5. The summed E-state index contributed by atoms with van der Waals surface area (Å²) in [6, 6.07) is 19.0. The molecule has 1 aromatic heterocycles. The molecule has 3 aromatic carbocycles. The quantitative estimate of drug-likeness (QED) is 0.231. The molecule has 0 radical (unpaired) electrons. The molecule has 0 aliphatic carbocycles. The van der Waals surface area contributed by atoms with E-state index >= 15 is 0 Å². The molecule has 1 aliphatic rings. The van der Waals surface area contributed by atoms with Crippen LogP contribution in [0.25, 0.3) is 22.0 Å². The summed E-state index contributed by atoms with van der Waals surface area (Å²) in [4.78, 5) is 20.5. The van der Waals surface area contributed by atoms with E-state index < -0.39 is 5.97 Å². The van der Waals surface area contributed by atoms with Crippen LogP contribution in [-0.4, -0.2) is 24.0 Å². The number of carbonyl (C=O) groups is 1. The zero-order valence-electron chi connectivity index (χ0n) is 18.9. The van der Waals surface area contributed by atoms with Crippen LogP contribution in [-0.2, 0) is 0 Å². The van der Waals surface area contributed by atoms with Crippen molar-refractivity contribution in [3.05, 3.63) is 88.8 Å². The van der Waals surface area contributed by atoms with Crippen LogP contribution in [0.1, 0.15) is 35.3 Å². The molecule has 2 heterocycles. The maximum Gasteiger partial charge on any atom is 0.346 e. The number of aromatic nitrogens is 1. The van der Waals surface area contributed by atoms with Crippen LogP contribution < -0.4 is 9.64 Å². The lowest BCUT2D eigenvalue weighted by molar-refractivity contribution is 0.0734. The SMILES string of the molecule is Cc1nc2ccc(N3CCCCC3)cc2c(-c2ccc(F)cc2)c1C(=O)Oc1ccc(Cl)cc1. The number of aryl methyl sites for hydroxylation is 1. The number of pyridine rings is 1. The van der Waals surface area contributed by atoms with Gasteiger partial charge in [-0.3, -0.25) is 4.98 Å². The van der Waals surface area contributed by atoms with E-state index in [1.807, 2.05) is 6.07 Å². The van der Waals surface area contributed by atoms with Crippen molar-refractivity contribution in [3.63, 3.8) is 0 Å². The van der Waals surface area contributed by atoms with Gasteiger partial charge in [0.2, 0.25) is 0 Å². The zero-order valence-corrected chi connectivity index (χ0v) is 19.6. The van der Waals surface area contributed by atoms with Gasteiger partial charge in [0.05, 0.1) is 16.8 Å². The molecule has 172 valence electrons. The normalized spacial score (nSPS) is 13.8. The van der Waals surface area contributed by atoms with Gasteiger partial charge in [-0.05, 0) is 86.3 Å². The van der Waals surface area contributed by atoms with Crippen molar-refractivity contribution >= 4 is 34.2 Å². The highest BCUT2D eigenvalue weighted by Gasteiger charge is 2.23. The molecule has 1 saturated heterocycles. The van der Waals surface area contributed by atoms with Gasteiger partial charge in [-0.15, -0.1) is 0 Å². The summed E-state index contributed by atoms with van der Waals surface area (Å²) in [6.07, 6.45) is 3.56. The number of piperidine rings is 1. The molecule has 5 rings (SSSR count). The molecule has 0 bridgehead atoms. The number of hydrogen-bond donors (Lipinski definition) is 0. The Balaban J connectivity index is 1.68. The number of benzene rings is 3. The molecule has 6 heteroatoms. The number of fused-ring (bicyclic) bond motifs is 1. The second-order valence-electron chi connectivity index (χ2n) is 8.55. The maximum atomic E-state index is 13.8. The van der Waals surface area contributed by atoms with Crippen molar-refractivity contribution in [1.82, 2.24) is 4.98 Å². The third-order valence-corrected chi connectivity index (χ3v) is 6.48. The lowest BCUT2D eigenvalue weighted by atomic mass is 9.93. The minimum Gasteiger partial charge on any atom is -0.423 e. The Hall–Kier alpha value is -3.44. The number of ether oxygens (including phenoxy) is 1. The van der Waals surface area contributed by atoms with E-state index in [1.165, 1.54) is 18.6 Å². The van der Waals surface area contributed by atoms with Crippen LogP contribution in [0.5, 0.6) is 5.75 Å². The summed E-state index contributed by atoms with van der Waals surface area (Å²) in [5.74, 6) is -0.462. The highest BCUT2D eigenvalue weighted by Crippen LogP contribution is 2.36. The molecule has 0 saturated carbocycles. The number of nitrogens with zero attached hydrogens (tertiary/aromatic N) is 2. The van der Waals surface area contributed by atoms with Gasteiger partial charge in [0, 0.05) is 34.7 Å². The molecule has 4 aromatic rings. The Morgan fingerprint density at radius 1 is 0.971 bits per heavy atom. The Kier molecular flexibility index (Phi) is 6.20. The van der Waals surface area contributed by atoms with Gasteiger partial charge in [0.1, 0.15) is 11.6 Å². The predicted octanol–water partition coefficient (Wildman–Crippen LogP) is 7.21. The third kappa shape index (κ3) is 4.48. The third-order valence-electron chi connectivity index (χ3n) is 6.23. The second-order valence-corrected chi connectivity index (χ2v) is 8.98. The minimum absolute atomic E-state index is 0.335. The molecule has 0 unspecified atom stereocenters. The highest BCUT2D eigenvalue weighted by atomic mass is 35.5. The Morgan fingerprint density at radius 2 is 1.68 bits per heavy atom. The first-order valence-corrected chi connectivity index (χ1v) is 11.8. The monoisotopic (exact) mass is 474 g/mol. The van der Waals surface area contributed by atoms with E-state index in [1.54, 1.807) is 43.3 Å². The summed E-state index contributed by atoms with van der Waals surface area (Å²) in [7, 11) is 0. The number of carbonyl (C=O) groups excluding carboxylic acids is 1. The smallest absolute Gasteiger partial charge is 0.346 e. The van der Waals surface area contributed by atoms with Gasteiger partial charge in [0.25, 0.3) is 0 Å². The number of esters is 1. The minimum atomic E-state index is -0.517. The van der Waals surface area contributed by atoms with E-state index in [0.29, 0.717) is 27.6 Å². The summed E-state index contributed by atoms with van der Waals surface area (Å²) in [5, 5.41) is 1.39. The molecule has 4 nitrogen and oxygen atoms in total. The first kappa shape index (κ1) is 22.4. The molecule has 0 amide bonds. The van der Waals surface area contributed by atoms with Crippen LogP contribution in [0, 0.1) is 12.7 Å². The molecular weight excluding hydrogens is 451 g/mol. The first-order valence-electron chi connectivity index (χ1n) is 11.4. The molecule has 0 atom stereocenters. The zero-order chi connectivity index (χ0) is 23.7. The van der Waals surface area contributed by atoms with Crippen molar-refractivity contribution in [3.8, 4) is 16.9 Å². The average molecular weight is 475 g/mol. The van der Waals surface area contributed by atoms with Crippen molar-refractivity contribution < 1.29 is 13.9 Å². The lowest BCUT2D eigenvalue weighted by Crippen LogP contribution is -2.29. The Labute approximate surface area is 202 Å². The second kappa shape index (κ2) is 9.43. The van der Waals surface area contributed by atoms with Crippen molar-refractivity contribution in [2.24, 2.45) is 0 Å². The van der Waals surface area contributed by atoms with E-state index in [4.69, 9.17) is 21.3 Å². The predicted molar refractivity (Wildman–Crippen MR) is 134 cm³/mol. The molecular formula is C28H24ClFN2O2. The van der Waals surface area contributed by atoms with E-state index in [-0.39, 0.29) is 5.82 Å². The van der Waals surface area contributed by atoms with Gasteiger partial charge in [-0.25, -0.2) is 9.18 Å². The Bertz CT molecular complexity index is 1350. The summed E-state index contributed by atoms with van der Waals surface area (Å²) in [5.41, 5.74) is 4.22. The largest absolute Gasteiger partial charge is 0.423 e. The van der Waals surface area contributed by atoms with Gasteiger partial charge in [-0.1, -0.05) is 23.7 Å². The number of rotatable bonds is 4. The van der Waals surface area contributed by atoms with E-state index in [0.717, 1.165) is 48.1 Å². The lowest BCUT2D eigenvalue weighted by Gasteiger charge is -2.29. The van der Waals surface area contributed by atoms with Gasteiger partial charge in [0.15, 0.2) is 0 Å². The van der Waals surface area contributed by atoms with Crippen LogP contribution in [0.15, 0.2) is 66.7 Å². The van der Waals surface area contributed by atoms with Crippen LogP contribution >= 0.6 is 11.6 Å². The van der Waals surface area contributed by atoms with Crippen molar-refractivity contribution in [2.75, 3.05) is 18.0 Å². The average Bonchev–Trinajstić information content (AvgIpc) is 2.85. The van der Waals surface area contributed by atoms with Crippen LogP contribution in [0.4, 0.5) is 10.1 Å². The number of hydrogen-bond acceptors (Lipinski definition) is 4. The Morgan fingerprint density at radius 3 is 2.38 bits per heavy atom. The first-order chi connectivity index (χ1) is 16.5. The van der Waals surface area contributed by atoms with Crippen LogP contribution in [0.3, 0.4) is 0 Å². The summed E-state index contributed by atoms with van der Waals surface area (Å²) in [6.45, 7) is 3.80. The van der Waals surface area contributed by atoms with Crippen molar-refractivity contribution in [2.45, 2.75) is 26.2 Å². The number of anilines is 1. The topological polar surface area (TPSA) is 42.4 Å². The highest BCUT2D eigenvalue weighted by molar-refractivity contribution is 6.30.